The van der Waals surface area contributed by atoms with Crippen molar-refractivity contribution in [2.75, 3.05) is 0 Å². The monoisotopic (exact) mass is 544 g/mol. The number of ether oxygens (including phenoxy) is 1. The second kappa shape index (κ2) is 10.8. The van der Waals surface area contributed by atoms with E-state index < -0.39 is 17.3 Å². The van der Waals surface area contributed by atoms with Crippen LogP contribution >= 0.6 is 36.4 Å². The molecule has 0 spiro atoms. The van der Waals surface area contributed by atoms with Crippen LogP contribution in [0.1, 0.15) is 25.2 Å². The summed E-state index contributed by atoms with van der Waals surface area (Å²) in [5, 5.41) is 8.79. The number of nitrogens with zero attached hydrogens (tertiary/aromatic N) is 4. The zero-order valence-electron chi connectivity index (χ0n) is 18.9. The van der Waals surface area contributed by atoms with Crippen molar-refractivity contribution < 1.29 is 17.9 Å². The molecule has 11 heteroatoms. The van der Waals surface area contributed by atoms with Crippen LogP contribution in [0.3, 0.4) is 0 Å². The highest BCUT2D eigenvalue weighted by Gasteiger charge is 2.36. The van der Waals surface area contributed by atoms with Gasteiger partial charge < -0.3 is 9.30 Å². The van der Waals surface area contributed by atoms with Gasteiger partial charge in [0.2, 0.25) is 0 Å². The maximum absolute atomic E-state index is 13.5. The first kappa shape index (κ1) is 28.4. The Kier molecular flexibility index (Phi) is 8.81. The van der Waals surface area contributed by atoms with E-state index in [9.17, 15) is 13.2 Å². The van der Waals surface area contributed by atoms with Crippen molar-refractivity contribution in [3.05, 3.63) is 83.4 Å². The molecule has 186 valence electrons. The molecule has 5 nitrogen and oxygen atoms in total. The summed E-state index contributed by atoms with van der Waals surface area (Å²) < 4.78 is 48.5. The second-order valence-corrected chi connectivity index (χ2v) is 8.37. The van der Waals surface area contributed by atoms with Gasteiger partial charge in [0, 0.05) is 35.6 Å². The van der Waals surface area contributed by atoms with Crippen LogP contribution < -0.4 is 4.74 Å². The van der Waals surface area contributed by atoms with Crippen molar-refractivity contribution in [3.8, 4) is 28.3 Å². The highest BCUT2D eigenvalue weighted by molar-refractivity contribution is 6.31. The van der Waals surface area contributed by atoms with E-state index in [2.05, 4.69) is 15.2 Å². The van der Waals surface area contributed by atoms with Gasteiger partial charge in [0.25, 0.3) is 0 Å². The molecule has 2 heterocycles. The molecule has 0 atom stereocenters. The van der Waals surface area contributed by atoms with Gasteiger partial charge in [-0.1, -0.05) is 29.8 Å². The van der Waals surface area contributed by atoms with E-state index in [1.807, 2.05) is 12.1 Å². The number of halogens is 6. The minimum absolute atomic E-state index is 0. The van der Waals surface area contributed by atoms with E-state index in [1.54, 1.807) is 51.5 Å². The number of aromatic nitrogens is 4. The van der Waals surface area contributed by atoms with Crippen molar-refractivity contribution in [1.29, 1.82) is 0 Å². The summed E-state index contributed by atoms with van der Waals surface area (Å²) in [4.78, 5) is 4.04. The van der Waals surface area contributed by atoms with Gasteiger partial charge in [-0.3, -0.25) is 4.98 Å². The van der Waals surface area contributed by atoms with E-state index in [-0.39, 0.29) is 36.2 Å². The van der Waals surface area contributed by atoms with Crippen molar-refractivity contribution in [1.82, 2.24) is 19.7 Å². The minimum Gasteiger partial charge on any atom is -0.479 e. The molecule has 0 radical (unpaired) electrons. The molecule has 0 unspecified atom stereocenters. The van der Waals surface area contributed by atoms with Crippen LogP contribution in [-0.4, -0.2) is 19.7 Å². The maximum Gasteiger partial charge on any atom is 0.417 e. The number of alkyl halides is 3. The lowest BCUT2D eigenvalue weighted by Crippen LogP contribution is -2.29. The average Bonchev–Trinajstić information content (AvgIpc) is 3.17. The highest BCUT2D eigenvalue weighted by atomic mass is 35.5. The normalized spacial score (nSPS) is 11.4. The zero-order valence-corrected chi connectivity index (χ0v) is 21.3. The second-order valence-electron chi connectivity index (χ2n) is 7.94. The lowest BCUT2D eigenvalue weighted by atomic mass is 10.0. The molecule has 0 saturated carbocycles. The van der Waals surface area contributed by atoms with Crippen molar-refractivity contribution in [2.45, 2.75) is 25.6 Å². The molecule has 4 rings (SSSR count). The van der Waals surface area contributed by atoms with Crippen LogP contribution in [0.15, 0.2) is 67.0 Å². The summed E-state index contributed by atoms with van der Waals surface area (Å²) in [6.45, 7) is 3.56. The summed E-state index contributed by atoms with van der Waals surface area (Å²) in [5.74, 6) is 1.00. The number of benzene rings is 2. The Labute approximate surface area is 218 Å². The summed E-state index contributed by atoms with van der Waals surface area (Å²) in [5.41, 5.74) is -0.240. The smallest absolute Gasteiger partial charge is 0.417 e. The van der Waals surface area contributed by atoms with E-state index in [0.29, 0.717) is 16.6 Å². The van der Waals surface area contributed by atoms with Gasteiger partial charge in [0.15, 0.2) is 17.2 Å². The van der Waals surface area contributed by atoms with Crippen molar-refractivity contribution in [3.63, 3.8) is 0 Å². The molecule has 0 amide bonds. The minimum atomic E-state index is -4.52. The maximum atomic E-state index is 13.5. The first-order valence-electron chi connectivity index (χ1n) is 10.0. The SMILES string of the molecule is Cl.Cl.Cn1c(-c2ccccc2C(F)(F)F)nnc1C(C)(C)Oc1ccc(Cl)cc1-c1ccncc1. The van der Waals surface area contributed by atoms with Gasteiger partial charge in [0.05, 0.1) is 5.56 Å². The summed E-state index contributed by atoms with van der Waals surface area (Å²) in [6.07, 6.45) is -1.19. The van der Waals surface area contributed by atoms with E-state index in [1.165, 1.54) is 22.8 Å². The Balaban J connectivity index is 0.00000216. The van der Waals surface area contributed by atoms with Crippen LogP contribution in [0.4, 0.5) is 13.2 Å². The number of hydrogen-bond acceptors (Lipinski definition) is 4. The van der Waals surface area contributed by atoms with Gasteiger partial charge in [-0.15, -0.1) is 35.0 Å². The molecule has 0 aliphatic heterocycles. The third-order valence-electron chi connectivity index (χ3n) is 5.18. The number of pyridine rings is 1. The largest absolute Gasteiger partial charge is 0.479 e. The van der Waals surface area contributed by atoms with Crippen LogP contribution in [0.5, 0.6) is 5.75 Å². The Bertz CT molecular complexity index is 1290. The molecule has 2 aromatic carbocycles. The zero-order chi connectivity index (χ0) is 23.8. The fraction of sp³-hybridized carbons (Fsp3) is 0.208. The number of rotatable bonds is 5. The molecule has 0 saturated heterocycles. The molecular weight excluding hydrogens is 524 g/mol. The quantitative estimate of drug-likeness (QED) is 0.263. The molecule has 0 aliphatic carbocycles. The van der Waals surface area contributed by atoms with Gasteiger partial charge in [0.1, 0.15) is 5.75 Å². The molecule has 4 aromatic rings. The average molecular weight is 546 g/mol. The molecule has 0 aliphatic rings. The Hall–Kier alpha value is -2.81. The molecule has 2 aromatic heterocycles. The van der Waals surface area contributed by atoms with Gasteiger partial charge in [-0.25, -0.2) is 0 Å². The van der Waals surface area contributed by atoms with Gasteiger partial charge in [-0.05, 0) is 55.8 Å². The summed E-state index contributed by atoms with van der Waals surface area (Å²) in [7, 11) is 1.62. The Morgan fingerprint density at radius 2 is 1.54 bits per heavy atom. The first-order chi connectivity index (χ1) is 15.6. The van der Waals surface area contributed by atoms with Crippen LogP contribution in [-0.2, 0) is 18.8 Å². The first-order valence-corrected chi connectivity index (χ1v) is 10.4. The van der Waals surface area contributed by atoms with E-state index in [0.717, 1.165) is 17.2 Å². The van der Waals surface area contributed by atoms with Crippen LogP contribution in [0, 0.1) is 0 Å². The van der Waals surface area contributed by atoms with Gasteiger partial charge in [-0.2, -0.15) is 13.2 Å². The summed E-state index contributed by atoms with van der Waals surface area (Å²) in [6, 6.07) is 14.2. The molecule has 0 fully saturated rings. The molecule has 35 heavy (non-hydrogen) atoms. The number of hydrogen-bond donors (Lipinski definition) is 0. The topological polar surface area (TPSA) is 52.8 Å². The standard InChI is InChI=1S/C24H20ClF3N4O.2ClH/c1-23(2,33-20-9-8-16(25)14-18(20)15-10-12-29-13-11-15)22-31-30-21(32(22)3)17-6-4-5-7-19(17)24(26,27)28;;/h4-14H,1-3H3;2*1H. The summed E-state index contributed by atoms with van der Waals surface area (Å²) >= 11 is 6.21. The fourth-order valence-electron chi connectivity index (χ4n) is 3.68. The van der Waals surface area contributed by atoms with Crippen LogP contribution in [0.25, 0.3) is 22.5 Å². The lowest BCUT2D eigenvalue weighted by molar-refractivity contribution is -0.137. The lowest BCUT2D eigenvalue weighted by Gasteiger charge is -2.27. The Morgan fingerprint density at radius 3 is 2.20 bits per heavy atom. The third-order valence-corrected chi connectivity index (χ3v) is 5.42. The fourth-order valence-corrected chi connectivity index (χ4v) is 3.85. The predicted octanol–water partition coefficient (Wildman–Crippen LogP) is 7.37. The molecular formula is C24H22Cl3F3N4O. The van der Waals surface area contributed by atoms with E-state index in [4.69, 9.17) is 16.3 Å². The Morgan fingerprint density at radius 1 is 0.886 bits per heavy atom. The molecule has 0 bridgehead atoms. The van der Waals surface area contributed by atoms with Crippen molar-refractivity contribution >= 4 is 36.4 Å². The highest BCUT2D eigenvalue weighted by Crippen LogP contribution is 2.39. The van der Waals surface area contributed by atoms with E-state index >= 15 is 0 Å². The predicted molar refractivity (Wildman–Crippen MR) is 134 cm³/mol. The van der Waals surface area contributed by atoms with Gasteiger partial charge >= 0.3 is 6.18 Å². The van der Waals surface area contributed by atoms with Crippen LogP contribution in [0.2, 0.25) is 5.02 Å². The molecule has 0 N–H and O–H groups in total. The van der Waals surface area contributed by atoms with Crippen molar-refractivity contribution in [2.24, 2.45) is 7.05 Å². The third kappa shape index (κ3) is 5.89.